The molecule has 0 aliphatic carbocycles. The van der Waals surface area contributed by atoms with E-state index in [1.54, 1.807) is 25.7 Å². The molecule has 0 spiro atoms. The summed E-state index contributed by atoms with van der Waals surface area (Å²) in [5, 5.41) is 0. The van der Waals surface area contributed by atoms with Gasteiger partial charge in [0, 0.05) is 19.9 Å². The Morgan fingerprint density at radius 2 is 1.67 bits per heavy atom. The Morgan fingerprint density at radius 1 is 1.03 bits per heavy atom. The van der Waals surface area contributed by atoms with E-state index in [1.807, 2.05) is 30.3 Å². The molecule has 1 amide bonds. The fraction of sp³-hybridized carbons (Fsp3) is 0.481. The average Bonchev–Trinajstić information content (AvgIpc) is 2.78. The van der Waals surface area contributed by atoms with Crippen molar-refractivity contribution in [3.63, 3.8) is 0 Å². The summed E-state index contributed by atoms with van der Waals surface area (Å²) in [5.74, 6) is -0.212. The minimum absolute atomic E-state index is 0.238. The number of nitrogens with zero attached hydrogens (tertiary/aromatic N) is 1. The monoisotopic (exact) mass is 507 g/mol. The van der Waals surface area contributed by atoms with Crippen molar-refractivity contribution >= 4 is 12.1 Å². The van der Waals surface area contributed by atoms with E-state index >= 15 is 0 Å². The molecule has 2 aromatic carbocycles. The van der Waals surface area contributed by atoms with Crippen LogP contribution in [0.2, 0.25) is 0 Å². The molecule has 36 heavy (non-hydrogen) atoms. The van der Waals surface area contributed by atoms with Gasteiger partial charge in [-0.05, 0) is 63.4 Å². The quantitative estimate of drug-likeness (QED) is 0.415. The lowest BCUT2D eigenvalue weighted by Crippen LogP contribution is -2.54. The Kier molecular flexibility index (Phi) is 8.53. The fourth-order valence-electron chi connectivity index (χ4n) is 4.22. The topological polar surface area (TPSA) is 65.1 Å². The molecular weight excluding hydrogens is 475 g/mol. The number of benzene rings is 2. The Balaban J connectivity index is 1.92. The summed E-state index contributed by atoms with van der Waals surface area (Å²) in [5.41, 5.74) is -0.718. The first kappa shape index (κ1) is 27.4. The molecule has 1 heterocycles. The van der Waals surface area contributed by atoms with Crippen LogP contribution in [0.4, 0.5) is 18.0 Å². The van der Waals surface area contributed by atoms with Gasteiger partial charge in [0.05, 0.1) is 11.6 Å². The summed E-state index contributed by atoms with van der Waals surface area (Å²) >= 11 is 0. The zero-order valence-electron chi connectivity index (χ0n) is 20.9. The molecule has 9 heteroatoms. The van der Waals surface area contributed by atoms with E-state index in [0.29, 0.717) is 19.4 Å². The molecule has 1 fully saturated rings. The van der Waals surface area contributed by atoms with Crippen molar-refractivity contribution in [1.29, 1.82) is 0 Å². The van der Waals surface area contributed by atoms with Gasteiger partial charge in [0.1, 0.15) is 23.6 Å². The van der Waals surface area contributed by atoms with E-state index in [4.69, 9.17) is 14.2 Å². The van der Waals surface area contributed by atoms with E-state index in [-0.39, 0.29) is 12.2 Å². The van der Waals surface area contributed by atoms with Crippen LogP contribution in [0.3, 0.4) is 0 Å². The summed E-state index contributed by atoms with van der Waals surface area (Å²) < 4.78 is 56.4. The third kappa shape index (κ3) is 7.63. The molecule has 6 nitrogen and oxygen atoms in total. The van der Waals surface area contributed by atoms with Gasteiger partial charge in [0.25, 0.3) is 0 Å². The number of esters is 1. The normalized spacial score (nSPS) is 19.4. The first-order valence-electron chi connectivity index (χ1n) is 11.9. The summed E-state index contributed by atoms with van der Waals surface area (Å²) in [6.45, 7) is 7.05. The number of rotatable bonds is 6. The molecule has 1 aliphatic heterocycles. The van der Waals surface area contributed by atoms with Crippen LogP contribution in [0.25, 0.3) is 0 Å². The van der Waals surface area contributed by atoms with Gasteiger partial charge in [-0.1, -0.05) is 30.3 Å². The lowest BCUT2D eigenvalue weighted by Gasteiger charge is -2.42. The predicted molar refractivity (Wildman–Crippen MR) is 127 cm³/mol. The minimum Gasteiger partial charge on any atom is -0.486 e. The summed E-state index contributed by atoms with van der Waals surface area (Å²) in [7, 11) is 0. The van der Waals surface area contributed by atoms with E-state index in [2.05, 4.69) is 0 Å². The van der Waals surface area contributed by atoms with Gasteiger partial charge in [-0.3, -0.25) is 4.79 Å². The van der Waals surface area contributed by atoms with Crippen molar-refractivity contribution < 1.29 is 37.0 Å². The van der Waals surface area contributed by atoms with E-state index in [9.17, 15) is 22.8 Å². The highest BCUT2D eigenvalue weighted by Gasteiger charge is 2.40. The predicted octanol–water partition coefficient (Wildman–Crippen LogP) is 6.55. The highest BCUT2D eigenvalue weighted by atomic mass is 19.4. The smallest absolute Gasteiger partial charge is 0.416 e. The maximum absolute atomic E-state index is 13.1. The van der Waals surface area contributed by atoms with Crippen LogP contribution >= 0.6 is 0 Å². The largest absolute Gasteiger partial charge is 0.486 e. The van der Waals surface area contributed by atoms with E-state index in [0.717, 1.165) is 17.7 Å². The van der Waals surface area contributed by atoms with Crippen LogP contribution in [0.5, 0.6) is 5.75 Å². The first-order valence-corrected chi connectivity index (χ1v) is 11.9. The number of carbonyl (C=O) groups excluding carboxylic acids is 2. The van der Waals surface area contributed by atoms with Gasteiger partial charge < -0.3 is 19.1 Å². The molecule has 2 aromatic rings. The third-order valence-electron chi connectivity index (χ3n) is 5.75. The summed E-state index contributed by atoms with van der Waals surface area (Å²) in [6.07, 6.45) is -4.76. The molecule has 0 saturated carbocycles. The number of alkyl halides is 3. The molecule has 0 aromatic heterocycles. The minimum atomic E-state index is -4.45. The second kappa shape index (κ2) is 11.2. The first-order chi connectivity index (χ1) is 16.8. The molecule has 3 unspecified atom stereocenters. The number of halogens is 3. The van der Waals surface area contributed by atoms with Crippen molar-refractivity contribution in [3.05, 3.63) is 65.7 Å². The highest BCUT2D eigenvalue weighted by molar-refractivity contribution is 5.69. The highest BCUT2D eigenvalue weighted by Crippen LogP contribution is 2.35. The van der Waals surface area contributed by atoms with Gasteiger partial charge in [0.15, 0.2) is 0 Å². The lowest BCUT2D eigenvalue weighted by molar-refractivity contribution is -0.153. The molecule has 196 valence electrons. The van der Waals surface area contributed by atoms with Crippen molar-refractivity contribution in [2.24, 2.45) is 0 Å². The van der Waals surface area contributed by atoms with Crippen molar-refractivity contribution in [2.75, 3.05) is 6.54 Å². The Bertz CT molecular complexity index is 1020. The van der Waals surface area contributed by atoms with Crippen LogP contribution in [0.15, 0.2) is 54.6 Å². The fourth-order valence-corrected chi connectivity index (χ4v) is 4.22. The molecule has 3 atom stereocenters. The number of piperidine rings is 1. The number of hydrogen-bond acceptors (Lipinski definition) is 5. The molecule has 1 saturated heterocycles. The van der Waals surface area contributed by atoms with Crippen LogP contribution in [0, 0.1) is 0 Å². The number of amides is 1. The maximum atomic E-state index is 13.1. The second-order valence-electron chi connectivity index (χ2n) is 9.81. The number of carbonyl (C=O) groups is 2. The van der Waals surface area contributed by atoms with Crippen LogP contribution in [-0.4, -0.2) is 41.3 Å². The summed E-state index contributed by atoms with van der Waals surface area (Å²) in [4.78, 5) is 26.5. The third-order valence-corrected chi connectivity index (χ3v) is 5.75. The van der Waals surface area contributed by atoms with Crippen LogP contribution in [-0.2, 0) is 20.4 Å². The molecule has 3 rings (SSSR count). The van der Waals surface area contributed by atoms with Crippen LogP contribution in [0.1, 0.15) is 64.2 Å². The second-order valence-corrected chi connectivity index (χ2v) is 9.81. The summed E-state index contributed by atoms with van der Waals surface area (Å²) in [6, 6.07) is 13.1. The lowest BCUT2D eigenvalue weighted by atomic mass is 9.91. The number of hydrogen-bond donors (Lipinski definition) is 0. The Hall–Kier alpha value is -3.23. The van der Waals surface area contributed by atoms with Gasteiger partial charge >= 0.3 is 18.2 Å². The zero-order chi connectivity index (χ0) is 26.5. The van der Waals surface area contributed by atoms with Gasteiger partial charge in [-0.25, -0.2) is 4.79 Å². The maximum Gasteiger partial charge on any atom is 0.416 e. The van der Waals surface area contributed by atoms with Crippen LogP contribution < -0.4 is 4.74 Å². The van der Waals surface area contributed by atoms with E-state index < -0.39 is 47.7 Å². The standard InChI is InChI=1S/C27H32F3NO5/c1-18(32)34-23-11-8-16-31(25(33)36-26(2,3)4)22(23)17-24(19-9-6-5-7-10-19)35-21-14-12-20(13-15-21)27(28,29)30/h5-7,9-10,12-15,22-24H,8,11,16-17H2,1-4H3. The van der Waals surface area contributed by atoms with Crippen molar-refractivity contribution in [2.45, 2.75) is 77.0 Å². The van der Waals surface area contributed by atoms with Gasteiger partial charge in [-0.15, -0.1) is 0 Å². The SMILES string of the molecule is CC(=O)OC1CCCN(C(=O)OC(C)(C)C)C1CC(Oc1ccc(C(F)(F)F)cc1)c1ccccc1. The van der Waals surface area contributed by atoms with Gasteiger partial charge in [-0.2, -0.15) is 13.2 Å². The number of likely N-dealkylation sites (tertiary alicyclic amines) is 1. The van der Waals surface area contributed by atoms with Crippen molar-refractivity contribution in [1.82, 2.24) is 4.90 Å². The molecule has 1 aliphatic rings. The zero-order valence-corrected chi connectivity index (χ0v) is 20.9. The molecule has 0 bridgehead atoms. The van der Waals surface area contributed by atoms with Gasteiger partial charge in [0.2, 0.25) is 0 Å². The Labute approximate surface area is 209 Å². The van der Waals surface area contributed by atoms with E-state index in [1.165, 1.54) is 19.1 Å². The average molecular weight is 508 g/mol. The molecule has 0 N–H and O–H groups in total. The molecule has 0 radical (unpaired) electrons. The van der Waals surface area contributed by atoms with Crippen molar-refractivity contribution in [3.8, 4) is 5.75 Å². The number of ether oxygens (including phenoxy) is 3. The Morgan fingerprint density at radius 3 is 2.22 bits per heavy atom. The molecular formula is C27H32F3NO5.